The molecule has 1 saturated heterocycles. The average Bonchev–Trinajstić information content (AvgIpc) is 3.11. The molecule has 10 heteroatoms. The second kappa shape index (κ2) is 7.63. The number of aliphatic hydroxyl groups is 1. The standard InChI is InChI=1S/C19H19N5O4S/c20-17-12(8-11-4-5-13(25)14(26)9-11)18(28)21-19-24(17)22-15(29-19)10-16(27)23-6-2-1-3-7-23/h4-5,8-9,26H,1-3,6-7,10,20H2. The van der Waals surface area contributed by atoms with Crippen molar-refractivity contribution < 1.29 is 14.7 Å². The number of allylic oxidation sites excluding steroid dienone is 4. The zero-order valence-electron chi connectivity index (χ0n) is 15.5. The third kappa shape index (κ3) is 3.83. The van der Waals surface area contributed by atoms with E-state index in [1.165, 1.54) is 28.8 Å². The van der Waals surface area contributed by atoms with Gasteiger partial charge in [-0.05, 0) is 43.1 Å². The Bertz CT molecular complexity index is 1150. The van der Waals surface area contributed by atoms with E-state index >= 15 is 0 Å². The summed E-state index contributed by atoms with van der Waals surface area (Å²) in [5.74, 6) is -0.842. The van der Waals surface area contributed by atoms with Crippen molar-refractivity contribution in [1.82, 2.24) is 19.5 Å². The van der Waals surface area contributed by atoms with Crippen molar-refractivity contribution in [2.24, 2.45) is 0 Å². The Morgan fingerprint density at radius 2 is 2.00 bits per heavy atom. The van der Waals surface area contributed by atoms with Crippen LogP contribution in [0.4, 0.5) is 5.82 Å². The molecule has 1 aliphatic carbocycles. The van der Waals surface area contributed by atoms with E-state index in [4.69, 9.17) is 5.73 Å². The molecule has 1 amide bonds. The lowest BCUT2D eigenvalue weighted by Gasteiger charge is -2.26. The Balaban J connectivity index is 1.65. The van der Waals surface area contributed by atoms with Crippen LogP contribution >= 0.6 is 11.3 Å². The first-order valence-corrected chi connectivity index (χ1v) is 10.0. The molecule has 1 aliphatic heterocycles. The van der Waals surface area contributed by atoms with Gasteiger partial charge in [0.25, 0.3) is 5.56 Å². The number of aromatic nitrogens is 3. The van der Waals surface area contributed by atoms with E-state index < -0.39 is 17.1 Å². The summed E-state index contributed by atoms with van der Waals surface area (Å²) in [6.07, 6.45) is 8.66. The summed E-state index contributed by atoms with van der Waals surface area (Å²) in [5, 5.41) is 14.5. The maximum Gasteiger partial charge on any atom is 0.283 e. The van der Waals surface area contributed by atoms with Gasteiger partial charge in [-0.3, -0.25) is 14.4 Å². The van der Waals surface area contributed by atoms with E-state index in [1.54, 1.807) is 0 Å². The number of fused-ring (bicyclic) bond motifs is 1. The number of rotatable bonds is 3. The fourth-order valence-corrected chi connectivity index (χ4v) is 4.19. The smallest absolute Gasteiger partial charge is 0.283 e. The number of nitrogens with two attached hydrogens (primary N) is 1. The molecule has 29 heavy (non-hydrogen) atoms. The maximum absolute atomic E-state index is 12.5. The number of aliphatic hydroxyl groups excluding tert-OH is 1. The summed E-state index contributed by atoms with van der Waals surface area (Å²) in [6.45, 7) is 1.52. The van der Waals surface area contributed by atoms with Crippen LogP contribution in [0.3, 0.4) is 0 Å². The monoisotopic (exact) mass is 413 g/mol. The molecule has 0 aromatic carbocycles. The molecule has 9 nitrogen and oxygen atoms in total. The van der Waals surface area contributed by atoms with E-state index in [2.05, 4.69) is 10.1 Å². The number of hydrogen-bond acceptors (Lipinski definition) is 8. The lowest BCUT2D eigenvalue weighted by molar-refractivity contribution is -0.131. The highest BCUT2D eigenvalue weighted by atomic mass is 32.1. The minimum absolute atomic E-state index is 0.00485. The Hall–Kier alpha value is -3.27. The van der Waals surface area contributed by atoms with Gasteiger partial charge in [-0.25, -0.2) is 0 Å². The van der Waals surface area contributed by atoms with Crippen molar-refractivity contribution >= 4 is 39.9 Å². The minimum atomic E-state index is -0.550. The van der Waals surface area contributed by atoms with Crippen LogP contribution < -0.4 is 11.3 Å². The largest absolute Gasteiger partial charge is 0.504 e. The normalized spacial score (nSPS) is 18.5. The molecule has 0 bridgehead atoms. The van der Waals surface area contributed by atoms with Crippen molar-refractivity contribution in [3.8, 4) is 0 Å². The van der Waals surface area contributed by atoms with Crippen LogP contribution in [-0.2, 0) is 16.0 Å². The zero-order valence-corrected chi connectivity index (χ0v) is 16.3. The molecule has 2 aliphatic rings. The van der Waals surface area contributed by atoms with E-state index in [0.29, 0.717) is 15.5 Å². The van der Waals surface area contributed by atoms with Crippen molar-refractivity contribution in [1.29, 1.82) is 0 Å². The number of carbonyl (C=O) groups is 2. The van der Waals surface area contributed by atoms with E-state index in [9.17, 15) is 19.5 Å². The van der Waals surface area contributed by atoms with Crippen LogP contribution in [0.5, 0.6) is 0 Å². The van der Waals surface area contributed by atoms with Crippen LogP contribution in [0.15, 0.2) is 34.4 Å². The quantitative estimate of drug-likeness (QED) is 0.774. The van der Waals surface area contributed by atoms with Crippen molar-refractivity contribution in [2.75, 3.05) is 18.8 Å². The fourth-order valence-electron chi connectivity index (χ4n) is 3.30. The third-order valence-electron chi connectivity index (χ3n) is 4.84. The van der Waals surface area contributed by atoms with Crippen molar-refractivity contribution in [3.63, 3.8) is 0 Å². The van der Waals surface area contributed by atoms with E-state index in [-0.39, 0.29) is 23.7 Å². The first-order valence-electron chi connectivity index (χ1n) is 9.23. The molecule has 0 atom stereocenters. The highest BCUT2D eigenvalue weighted by molar-refractivity contribution is 7.16. The van der Waals surface area contributed by atoms with Crippen molar-refractivity contribution in [2.45, 2.75) is 25.7 Å². The Kier molecular flexibility index (Phi) is 5.01. The lowest BCUT2D eigenvalue weighted by atomic mass is 10.1. The van der Waals surface area contributed by atoms with Gasteiger partial charge >= 0.3 is 0 Å². The minimum Gasteiger partial charge on any atom is -0.504 e. The molecule has 2 aromatic heterocycles. The number of anilines is 1. The lowest BCUT2D eigenvalue weighted by Crippen LogP contribution is -2.36. The van der Waals surface area contributed by atoms with E-state index in [1.807, 2.05) is 4.90 Å². The highest BCUT2D eigenvalue weighted by Gasteiger charge is 2.20. The van der Waals surface area contributed by atoms with E-state index in [0.717, 1.165) is 43.7 Å². The molecule has 0 spiro atoms. The topological polar surface area (TPSA) is 131 Å². The molecule has 4 rings (SSSR count). The van der Waals surface area contributed by atoms with Gasteiger partial charge in [0.1, 0.15) is 10.8 Å². The molecular weight excluding hydrogens is 394 g/mol. The van der Waals surface area contributed by atoms with Gasteiger partial charge in [0.15, 0.2) is 5.76 Å². The van der Waals surface area contributed by atoms with Crippen LogP contribution in [0.2, 0.25) is 0 Å². The molecular formula is C19H19N5O4S. The van der Waals surface area contributed by atoms with Crippen molar-refractivity contribution in [3.05, 3.63) is 50.5 Å². The molecule has 3 N–H and O–H groups in total. The molecule has 0 saturated carbocycles. The van der Waals surface area contributed by atoms with Gasteiger partial charge in [0.05, 0.1) is 12.0 Å². The van der Waals surface area contributed by atoms with Gasteiger partial charge < -0.3 is 15.7 Å². The number of hydrogen-bond donors (Lipinski definition) is 2. The second-order valence-corrected chi connectivity index (χ2v) is 7.94. The Morgan fingerprint density at radius 3 is 2.72 bits per heavy atom. The van der Waals surface area contributed by atoms with Crippen LogP contribution in [0, 0.1) is 0 Å². The van der Waals surface area contributed by atoms with Gasteiger partial charge in [-0.15, -0.1) is 0 Å². The predicted octanol–water partition coefficient (Wildman–Crippen LogP) is 1.25. The van der Waals surface area contributed by atoms with Crippen LogP contribution in [-0.4, -0.2) is 49.4 Å². The number of amides is 1. The maximum atomic E-state index is 12.5. The number of nitrogens with zero attached hydrogens (tertiary/aromatic N) is 4. The SMILES string of the molecule is Nc1c(C=C2C=CC(=O)C(O)=C2)c(=O)nc2sc(CC(=O)N3CCCCC3)nn12. The highest BCUT2D eigenvalue weighted by Crippen LogP contribution is 2.21. The average molecular weight is 413 g/mol. The van der Waals surface area contributed by atoms with Crippen LogP contribution in [0.1, 0.15) is 29.8 Å². The van der Waals surface area contributed by atoms with Crippen LogP contribution in [0.25, 0.3) is 11.0 Å². The first kappa shape index (κ1) is 19.1. The third-order valence-corrected chi connectivity index (χ3v) is 5.75. The van der Waals surface area contributed by atoms with Gasteiger partial charge in [0.2, 0.25) is 16.7 Å². The Labute approximate surface area is 169 Å². The number of likely N-dealkylation sites (tertiary alicyclic amines) is 1. The summed E-state index contributed by atoms with van der Waals surface area (Å²) in [4.78, 5) is 42.4. The zero-order chi connectivity index (χ0) is 20.5. The first-order chi connectivity index (χ1) is 13.9. The molecule has 3 heterocycles. The molecule has 0 unspecified atom stereocenters. The van der Waals surface area contributed by atoms with Gasteiger partial charge in [-0.2, -0.15) is 14.6 Å². The number of nitrogen functional groups attached to an aromatic ring is 1. The Morgan fingerprint density at radius 1 is 1.24 bits per heavy atom. The summed E-state index contributed by atoms with van der Waals surface area (Å²) in [5.41, 5.74) is 6.12. The summed E-state index contributed by atoms with van der Waals surface area (Å²) >= 11 is 1.16. The van der Waals surface area contributed by atoms with Gasteiger partial charge in [-0.1, -0.05) is 17.4 Å². The predicted molar refractivity (Wildman–Crippen MR) is 109 cm³/mol. The number of ketones is 1. The fraction of sp³-hybridized carbons (Fsp3) is 0.316. The van der Waals surface area contributed by atoms with Gasteiger partial charge in [0, 0.05) is 13.1 Å². The summed E-state index contributed by atoms with van der Waals surface area (Å²) in [7, 11) is 0. The molecule has 0 radical (unpaired) electrons. The molecule has 150 valence electrons. The molecule has 1 fully saturated rings. The summed E-state index contributed by atoms with van der Waals surface area (Å²) < 4.78 is 1.35. The summed E-state index contributed by atoms with van der Waals surface area (Å²) in [6, 6.07) is 0. The second-order valence-electron chi connectivity index (χ2n) is 6.90. The molecule has 2 aromatic rings. The number of carbonyl (C=O) groups excluding carboxylic acids is 2. The number of piperidine rings is 1.